The molecule has 0 amide bonds. The van der Waals surface area contributed by atoms with Gasteiger partial charge in [-0.05, 0) is 38.3 Å². The Hall–Kier alpha value is -1.64. The van der Waals surface area contributed by atoms with Crippen LogP contribution in [0.3, 0.4) is 0 Å². The average molecular weight is 411 g/mol. The smallest absolute Gasteiger partial charge is 0.216 e. The first-order chi connectivity index (χ1) is 13.3. The summed E-state index contributed by atoms with van der Waals surface area (Å²) >= 11 is 0. The number of nitrogens with zero attached hydrogens (tertiary/aromatic N) is 2. The van der Waals surface area contributed by atoms with Crippen molar-refractivity contribution in [2.45, 2.75) is 45.5 Å². The number of guanidine groups is 1. The summed E-state index contributed by atoms with van der Waals surface area (Å²) in [6, 6.07) is 7.50. The number of hydrogen-bond acceptors (Lipinski definition) is 4. The van der Waals surface area contributed by atoms with Crippen LogP contribution >= 0.6 is 0 Å². The summed E-state index contributed by atoms with van der Waals surface area (Å²) in [6.45, 7) is 9.64. The molecule has 1 heterocycles. The number of hydrogen-bond donors (Lipinski definition) is 2. The van der Waals surface area contributed by atoms with E-state index in [0.717, 1.165) is 49.8 Å². The molecule has 1 aromatic carbocycles. The Bertz CT molecular complexity index is 726. The fraction of sp³-hybridized carbons (Fsp3) is 0.650. The third kappa shape index (κ3) is 7.77. The Balaban J connectivity index is 1.96. The van der Waals surface area contributed by atoms with Crippen LogP contribution in [0.4, 0.5) is 0 Å². The molecule has 2 rings (SSSR count). The maximum atomic E-state index is 12.0. The number of benzene rings is 1. The Morgan fingerprint density at radius 1 is 1.29 bits per heavy atom. The first-order valence-electron chi connectivity index (χ1n) is 9.94. The second-order valence-electron chi connectivity index (χ2n) is 7.63. The lowest BCUT2D eigenvalue weighted by Gasteiger charge is -2.24. The molecular weight excluding hydrogens is 376 g/mol. The Labute approximate surface area is 169 Å². The third-order valence-electron chi connectivity index (χ3n) is 4.46. The highest BCUT2D eigenvalue weighted by atomic mass is 32.2. The van der Waals surface area contributed by atoms with Gasteiger partial charge in [0.2, 0.25) is 10.0 Å². The van der Waals surface area contributed by atoms with Crippen LogP contribution in [-0.4, -0.2) is 58.7 Å². The van der Waals surface area contributed by atoms with Gasteiger partial charge in [0, 0.05) is 38.7 Å². The largest absolute Gasteiger partial charge is 0.381 e. The molecule has 2 N–H and O–H groups in total. The fourth-order valence-electron chi connectivity index (χ4n) is 3.20. The van der Waals surface area contributed by atoms with Crippen molar-refractivity contribution in [3.8, 4) is 0 Å². The molecule has 8 heteroatoms. The van der Waals surface area contributed by atoms with Crippen molar-refractivity contribution >= 4 is 16.0 Å². The number of nitrogens with one attached hydrogen (secondary N) is 2. The lowest BCUT2D eigenvalue weighted by molar-refractivity contribution is 0.181. The predicted molar refractivity (Wildman–Crippen MR) is 114 cm³/mol. The number of rotatable bonds is 9. The maximum absolute atomic E-state index is 12.0. The van der Waals surface area contributed by atoms with Gasteiger partial charge in [-0.2, -0.15) is 0 Å². The molecule has 0 saturated carbocycles. The van der Waals surface area contributed by atoms with Crippen LogP contribution in [0.1, 0.15) is 38.3 Å². The van der Waals surface area contributed by atoms with Gasteiger partial charge in [0.15, 0.2) is 5.96 Å². The van der Waals surface area contributed by atoms with E-state index in [4.69, 9.17) is 9.73 Å². The van der Waals surface area contributed by atoms with Gasteiger partial charge in [0.05, 0.1) is 18.9 Å². The molecule has 0 aromatic heterocycles. The van der Waals surface area contributed by atoms with Crippen LogP contribution in [-0.2, 0) is 27.1 Å². The van der Waals surface area contributed by atoms with E-state index < -0.39 is 10.0 Å². The summed E-state index contributed by atoms with van der Waals surface area (Å²) in [5, 5.41) is 3.33. The quantitative estimate of drug-likeness (QED) is 0.480. The molecule has 0 aliphatic carbocycles. The van der Waals surface area contributed by atoms with Crippen LogP contribution in [0, 0.1) is 5.92 Å². The molecule has 1 saturated heterocycles. The van der Waals surface area contributed by atoms with Gasteiger partial charge < -0.3 is 15.0 Å². The van der Waals surface area contributed by atoms with E-state index in [2.05, 4.69) is 28.9 Å². The Morgan fingerprint density at radius 3 is 2.54 bits per heavy atom. The molecule has 0 spiro atoms. The third-order valence-corrected chi connectivity index (χ3v) is 6.00. The molecule has 1 unspecified atom stereocenters. The topological polar surface area (TPSA) is 83.0 Å². The van der Waals surface area contributed by atoms with Gasteiger partial charge in [-0.25, -0.2) is 18.1 Å². The van der Waals surface area contributed by atoms with Crippen LogP contribution in [0.5, 0.6) is 0 Å². The Morgan fingerprint density at radius 2 is 1.96 bits per heavy atom. The van der Waals surface area contributed by atoms with E-state index >= 15 is 0 Å². The average Bonchev–Trinajstić information content (AvgIpc) is 3.11. The fourth-order valence-corrected chi connectivity index (χ4v) is 4.63. The molecule has 28 heavy (non-hydrogen) atoms. The van der Waals surface area contributed by atoms with Crippen LogP contribution in [0.15, 0.2) is 29.3 Å². The summed E-state index contributed by atoms with van der Waals surface area (Å²) in [7, 11) is -1.26. The highest BCUT2D eigenvalue weighted by Crippen LogP contribution is 2.14. The second kappa shape index (κ2) is 10.8. The summed E-state index contributed by atoms with van der Waals surface area (Å²) in [5.74, 6) is 1.42. The van der Waals surface area contributed by atoms with E-state index in [1.54, 1.807) is 0 Å². The number of sulfonamides is 1. The number of aliphatic imine (C=N–C) groups is 1. The zero-order valence-electron chi connectivity index (χ0n) is 17.4. The van der Waals surface area contributed by atoms with Crippen molar-refractivity contribution in [1.29, 1.82) is 0 Å². The summed E-state index contributed by atoms with van der Waals surface area (Å²) in [4.78, 5) is 6.88. The minimum Gasteiger partial charge on any atom is -0.381 e. The zero-order valence-corrected chi connectivity index (χ0v) is 18.3. The standard InChI is InChI=1S/C20H34N4O3S/c1-5-21-20(24(4)13-19-10-11-27-14-19)22-12-17-6-8-18(9-7-17)15-28(25,26)23-16(2)3/h6-9,16,19,23H,5,10-15H2,1-4H3,(H,21,22). The van der Waals surface area contributed by atoms with Crippen molar-refractivity contribution in [3.05, 3.63) is 35.4 Å². The van der Waals surface area contributed by atoms with Crippen molar-refractivity contribution in [2.75, 3.05) is 33.4 Å². The highest BCUT2D eigenvalue weighted by molar-refractivity contribution is 7.88. The minimum absolute atomic E-state index is 0.0104. The van der Waals surface area contributed by atoms with Gasteiger partial charge in [0.1, 0.15) is 0 Å². The molecular formula is C20H34N4O3S. The van der Waals surface area contributed by atoms with Gasteiger partial charge in [-0.15, -0.1) is 0 Å². The minimum atomic E-state index is -3.31. The molecule has 7 nitrogen and oxygen atoms in total. The summed E-state index contributed by atoms with van der Waals surface area (Å²) < 4.78 is 32.2. The van der Waals surface area contributed by atoms with Gasteiger partial charge in [0.25, 0.3) is 0 Å². The normalized spacial score (nSPS) is 17.9. The lowest BCUT2D eigenvalue weighted by Crippen LogP contribution is -2.41. The lowest BCUT2D eigenvalue weighted by atomic mass is 10.1. The molecule has 0 bridgehead atoms. The van der Waals surface area contributed by atoms with Crippen molar-refractivity contribution in [3.63, 3.8) is 0 Å². The van der Waals surface area contributed by atoms with Gasteiger partial charge >= 0.3 is 0 Å². The molecule has 1 aliphatic rings. The molecule has 158 valence electrons. The van der Waals surface area contributed by atoms with E-state index in [1.807, 2.05) is 38.1 Å². The first-order valence-corrected chi connectivity index (χ1v) is 11.6. The monoisotopic (exact) mass is 410 g/mol. The summed E-state index contributed by atoms with van der Waals surface area (Å²) in [5.41, 5.74) is 1.82. The van der Waals surface area contributed by atoms with Crippen molar-refractivity contribution in [1.82, 2.24) is 14.9 Å². The predicted octanol–water partition coefficient (Wildman–Crippen LogP) is 1.95. The SMILES string of the molecule is CCNC(=NCc1ccc(CS(=O)(=O)NC(C)C)cc1)N(C)CC1CCOC1. The second-order valence-corrected chi connectivity index (χ2v) is 9.38. The molecule has 1 aliphatic heterocycles. The van der Waals surface area contributed by atoms with E-state index in [0.29, 0.717) is 12.5 Å². The number of ether oxygens (including phenoxy) is 1. The first kappa shape index (κ1) is 22.6. The molecule has 1 atom stereocenters. The highest BCUT2D eigenvalue weighted by Gasteiger charge is 2.19. The van der Waals surface area contributed by atoms with E-state index in [9.17, 15) is 8.42 Å². The summed E-state index contributed by atoms with van der Waals surface area (Å²) in [6.07, 6.45) is 1.10. The molecule has 1 aromatic rings. The van der Waals surface area contributed by atoms with Gasteiger partial charge in [-0.3, -0.25) is 0 Å². The van der Waals surface area contributed by atoms with Crippen molar-refractivity contribution in [2.24, 2.45) is 10.9 Å². The van der Waals surface area contributed by atoms with E-state index in [1.165, 1.54) is 0 Å². The molecule has 1 fully saturated rings. The van der Waals surface area contributed by atoms with Crippen LogP contribution in [0.2, 0.25) is 0 Å². The van der Waals surface area contributed by atoms with E-state index in [-0.39, 0.29) is 11.8 Å². The zero-order chi connectivity index (χ0) is 20.6. The van der Waals surface area contributed by atoms with Crippen LogP contribution < -0.4 is 10.0 Å². The Kier molecular flexibility index (Phi) is 8.72. The van der Waals surface area contributed by atoms with Crippen LogP contribution in [0.25, 0.3) is 0 Å². The van der Waals surface area contributed by atoms with Gasteiger partial charge in [-0.1, -0.05) is 24.3 Å². The van der Waals surface area contributed by atoms with Crippen molar-refractivity contribution < 1.29 is 13.2 Å². The maximum Gasteiger partial charge on any atom is 0.216 e. The molecule has 0 radical (unpaired) electrons.